The van der Waals surface area contributed by atoms with Gasteiger partial charge in [0, 0.05) is 13.1 Å². The fraction of sp³-hybridized carbons (Fsp3) is 0.167. The zero-order valence-electron chi connectivity index (χ0n) is 8.78. The minimum Gasteiger partial charge on any atom is -0.511 e. The Labute approximate surface area is 89.7 Å². The van der Waals surface area contributed by atoms with E-state index in [2.05, 4.69) is 25.2 Å². The van der Waals surface area contributed by atoms with Crippen LogP contribution in [-0.2, 0) is 0 Å². The predicted octanol–water partition coefficient (Wildman–Crippen LogP) is 3.31. The molecule has 3 heteroatoms. The molecule has 0 spiro atoms. The Morgan fingerprint density at radius 2 is 1.40 bits per heavy atom. The number of hydrogen-bond donors (Lipinski definition) is 0. The van der Waals surface area contributed by atoms with Crippen LogP contribution >= 0.6 is 0 Å². The zero-order chi connectivity index (χ0) is 10.5. The summed E-state index contributed by atoms with van der Waals surface area (Å²) in [6.45, 7) is 4.11. The number of rotatable bonds is 0. The molecule has 3 rings (SSSR count). The Balaban J connectivity index is 2.36. The maximum atomic E-state index is 5.91. The van der Waals surface area contributed by atoms with Gasteiger partial charge in [0.1, 0.15) is 11.5 Å². The Hall–Kier alpha value is -1.48. The summed E-state index contributed by atoms with van der Waals surface area (Å²) in [7, 11) is -2.02. The van der Waals surface area contributed by atoms with Crippen LogP contribution in [0.15, 0.2) is 36.4 Å². The van der Waals surface area contributed by atoms with Crippen LogP contribution < -0.4 is 8.85 Å². The van der Waals surface area contributed by atoms with E-state index in [1.165, 1.54) is 5.39 Å². The molecule has 1 aliphatic heterocycles. The van der Waals surface area contributed by atoms with Gasteiger partial charge in [-0.05, 0) is 17.5 Å². The summed E-state index contributed by atoms with van der Waals surface area (Å²) in [5.41, 5.74) is 0. The molecule has 1 aliphatic rings. The van der Waals surface area contributed by atoms with Crippen LogP contribution in [-0.4, -0.2) is 8.56 Å². The highest BCUT2D eigenvalue weighted by Gasteiger charge is 2.34. The molecule has 2 aromatic rings. The highest BCUT2D eigenvalue weighted by Crippen LogP contribution is 2.39. The number of benzene rings is 2. The van der Waals surface area contributed by atoms with E-state index in [1.54, 1.807) is 0 Å². The molecule has 0 fully saturated rings. The van der Waals surface area contributed by atoms with E-state index >= 15 is 0 Å². The quantitative estimate of drug-likeness (QED) is 0.629. The van der Waals surface area contributed by atoms with Gasteiger partial charge in [-0.3, -0.25) is 0 Å². The second kappa shape index (κ2) is 2.76. The van der Waals surface area contributed by atoms with Gasteiger partial charge in [0.05, 0.1) is 5.39 Å². The zero-order valence-corrected chi connectivity index (χ0v) is 9.78. The summed E-state index contributed by atoms with van der Waals surface area (Å²) in [4.78, 5) is 0. The maximum absolute atomic E-state index is 5.91. The van der Waals surface area contributed by atoms with Crippen molar-refractivity contribution in [3.8, 4) is 11.5 Å². The van der Waals surface area contributed by atoms with Gasteiger partial charge in [0.25, 0.3) is 0 Å². The molecule has 2 nitrogen and oxygen atoms in total. The van der Waals surface area contributed by atoms with E-state index in [0.29, 0.717) is 0 Å². The van der Waals surface area contributed by atoms with Crippen LogP contribution in [0.1, 0.15) is 0 Å². The first-order chi connectivity index (χ1) is 7.16. The Morgan fingerprint density at radius 3 is 1.93 bits per heavy atom. The molecule has 15 heavy (non-hydrogen) atoms. The summed E-state index contributed by atoms with van der Waals surface area (Å²) in [5, 5.41) is 2.28. The average molecular weight is 216 g/mol. The van der Waals surface area contributed by atoms with Crippen molar-refractivity contribution in [1.82, 2.24) is 0 Å². The maximum Gasteiger partial charge on any atom is 0.454 e. The van der Waals surface area contributed by atoms with E-state index in [1.807, 2.05) is 24.3 Å². The standard InChI is InChI=1S/C12H12O2Si/c1-15(2)13-10-7-3-5-9-6-4-8-11(14-15)12(9)10/h3-8H,1-2H3. The van der Waals surface area contributed by atoms with E-state index in [-0.39, 0.29) is 0 Å². The first-order valence-electron chi connectivity index (χ1n) is 5.05. The summed E-state index contributed by atoms with van der Waals surface area (Å²) in [6, 6.07) is 12.2. The summed E-state index contributed by atoms with van der Waals surface area (Å²) >= 11 is 0. The lowest BCUT2D eigenvalue weighted by Crippen LogP contribution is -2.43. The third kappa shape index (κ3) is 1.31. The molecule has 0 radical (unpaired) electrons. The lowest BCUT2D eigenvalue weighted by Gasteiger charge is -2.31. The fourth-order valence-electron chi connectivity index (χ4n) is 1.99. The van der Waals surface area contributed by atoms with Crippen molar-refractivity contribution in [1.29, 1.82) is 0 Å². The molecule has 0 saturated carbocycles. The van der Waals surface area contributed by atoms with Crippen molar-refractivity contribution in [2.45, 2.75) is 13.1 Å². The normalized spacial score (nSPS) is 16.9. The molecule has 0 atom stereocenters. The molecule has 76 valence electrons. The fourth-order valence-corrected chi connectivity index (χ4v) is 3.43. The second-order valence-corrected chi connectivity index (χ2v) is 7.42. The summed E-state index contributed by atoms with van der Waals surface area (Å²) < 4.78 is 11.8. The minimum absolute atomic E-state index is 0.964. The van der Waals surface area contributed by atoms with Gasteiger partial charge in [-0.2, -0.15) is 0 Å². The van der Waals surface area contributed by atoms with Gasteiger partial charge in [-0.1, -0.05) is 24.3 Å². The van der Waals surface area contributed by atoms with Crippen LogP contribution in [0.4, 0.5) is 0 Å². The van der Waals surface area contributed by atoms with E-state index in [9.17, 15) is 0 Å². The van der Waals surface area contributed by atoms with Crippen LogP contribution in [0.5, 0.6) is 11.5 Å². The van der Waals surface area contributed by atoms with E-state index < -0.39 is 8.56 Å². The van der Waals surface area contributed by atoms with E-state index in [0.717, 1.165) is 16.9 Å². The van der Waals surface area contributed by atoms with Crippen molar-refractivity contribution in [2.24, 2.45) is 0 Å². The average Bonchev–Trinajstić information content (AvgIpc) is 2.16. The Morgan fingerprint density at radius 1 is 0.867 bits per heavy atom. The second-order valence-electron chi connectivity index (χ2n) is 4.21. The highest BCUT2D eigenvalue weighted by atomic mass is 28.4. The van der Waals surface area contributed by atoms with Crippen LogP contribution in [0.3, 0.4) is 0 Å². The summed E-state index contributed by atoms with van der Waals surface area (Å²) in [5.74, 6) is 1.93. The highest BCUT2D eigenvalue weighted by molar-refractivity contribution is 6.66. The molecular formula is C12H12O2Si. The molecule has 2 aromatic carbocycles. The third-order valence-corrected chi connectivity index (χ3v) is 3.96. The lowest BCUT2D eigenvalue weighted by molar-refractivity contribution is 0.389. The molecule has 0 amide bonds. The van der Waals surface area contributed by atoms with Crippen LogP contribution in [0.25, 0.3) is 10.8 Å². The minimum atomic E-state index is -2.02. The third-order valence-electron chi connectivity index (χ3n) is 2.54. The summed E-state index contributed by atoms with van der Waals surface area (Å²) in [6.07, 6.45) is 0. The van der Waals surface area contributed by atoms with Gasteiger partial charge < -0.3 is 8.85 Å². The van der Waals surface area contributed by atoms with Crippen molar-refractivity contribution in [3.63, 3.8) is 0 Å². The molecule has 0 saturated heterocycles. The lowest BCUT2D eigenvalue weighted by atomic mass is 10.1. The van der Waals surface area contributed by atoms with Crippen molar-refractivity contribution in [3.05, 3.63) is 36.4 Å². The van der Waals surface area contributed by atoms with Crippen molar-refractivity contribution < 1.29 is 8.85 Å². The van der Waals surface area contributed by atoms with Crippen LogP contribution in [0.2, 0.25) is 13.1 Å². The van der Waals surface area contributed by atoms with E-state index in [4.69, 9.17) is 8.85 Å². The molecule has 0 aliphatic carbocycles. The molecule has 1 heterocycles. The number of hydrogen-bond acceptors (Lipinski definition) is 2. The smallest absolute Gasteiger partial charge is 0.454 e. The monoisotopic (exact) mass is 216 g/mol. The van der Waals surface area contributed by atoms with Crippen LogP contribution in [0, 0.1) is 0 Å². The van der Waals surface area contributed by atoms with Crippen molar-refractivity contribution in [2.75, 3.05) is 0 Å². The van der Waals surface area contributed by atoms with Gasteiger partial charge >= 0.3 is 8.56 Å². The van der Waals surface area contributed by atoms with Gasteiger partial charge in [-0.25, -0.2) is 0 Å². The molecule has 0 N–H and O–H groups in total. The van der Waals surface area contributed by atoms with Gasteiger partial charge in [-0.15, -0.1) is 0 Å². The largest absolute Gasteiger partial charge is 0.511 e. The molecule has 0 unspecified atom stereocenters. The molecule has 0 bridgehead atoms. The topological polar surface area (TPSA) is 18.5 Å². The van der Waals surface area contributed by atoms with Gasteiger partial charge in [0.2, 0.25) is 0 Å². The molecular weight excluding hydrogens is 204 g/mol. The van der Waals surface area contributed by atoms with Gasteiger partial charge in [0.15, 0.2) is 0 Å². The Kier molecular flexibility index (Phi) is 1.62. The SMILES string of the molecule is C[Si]1(C)Oc2cccc3cccc(c23)O1. The predicted molar refractivity (Wildman–Crippen MR) is 62.7 cm³/mol. The molecule has 0 aromatic heterocycles. The Bertz CT molecular complexity index is 491. The first kappa shape index (κ1) is 8.80. The van der Waals surface area contributed by atoms with Crippen molar-refractivity contribution >= 4 is 19.3 Å². The first-order valence-corrected chi connectivity index (χ1v) is 7.87.